The molecule has 0 aliphatic carbocycles. The Kier molecular flexibility index (Phi) is 8.60. The Labute approximate surface area is 235 Å². The maximum atomic E-state index is 13.8. The van der Waals surface area contributed by atoms with E-state index in [9.17, 15) is 39.9 Å². The van der Waals surface area contributed by atoms with Crippen molar-refractivity contribution in [3.8, 4) is 0 Å². The third-order valence-corrected chi connectivity index (χ3v) is 6.70. The number of thioether (sulfide) groups is 1. The van der Waals surface area contributed by atoms with Gasteiger partial charge in [-0.2, -0.15) is 0 Å². The van der Waals surface area contributed by atoms with Gasteiger partial charge in [-0.3, -0.25) is 35.1 Å². The lowest BCUT2D eigenvalue weighted by Crippen LogP contribution is -2.12. The molecule has 0 heterocycles. The van der Waals surface area contributed by atoms with Crippen LogP contribution in [0.2, 0.25) is 0 Å². The molecule has 41 heavy (non-hydrogen) atoms. The molecular formula is C28H17N3O9S. The van der Waals surface area contributed by atoms with Crippen molar-refractivity contribution in [2.75, 3.05) is 0 Å². The van der Waals surface area contributed by atoms with Crippen LogP contribution in [-0.4, -0.2) is 26.5 Å². The fourth-order valence-corrected chi connectivity index (χ4v) is 4.73. The first-order valence-corrected chi connectivity index (χ1v) is 12.4. The van der Waals surface area contributed by atoms with Crippen LogP contribution in [-0.2, 0) is 4.74 Å². The molecule has 4 aromatic carbocycles. The van der Waals surface area contributed by atoms with E-state index in [0.29, 0.717) is 17.8 Å². The Morgan fingerprint density at radius 2 is 1.20 bits per heavy atom. The highest BCUT2D eigenvalue weighted by atomic mass is 32.2. The van der Waals surface area contributed by atoms with E-state index in [1.54, 1.807) is 36.4 Å². The van der Waals surface area contributed by atoms with Crippen LogP contribution in [0.3, 0.4) is 0 Å². The summed E-state index contributed by atoms with van der Waals surface area (Å²) < 4.78 is 5.65. The van der Waals surface area contributed by atoms with E-state index < -0.39 is 43.5 Å². The highest BCUT2D eigenvalue weighted by Gasteiger charge is 2.30. The molecule has 13 heteroatoms. The molecule has 0 saturated carbocycles. The lowest BCUT2D eigenvalue weighted by Gasteiger charge is -2.15. The summed E-state index contributed by atoms with van der Waals surface area (Å²) in [7, 11) is 0. The third-order valence-electron chi connectivity index (χ3n) is 5.56. The third kappa shape index (κ3) is 6.49. The summed E-state index contributed by atoms with van der Waals surface area (Å²) in [6.07, 6.45) is 0. The number of allylic oxidation sites excluding steroid dienone is 1. The number of carbonyl (C=O) groups excluding carboxylic acids is 2. The molecule has 0 bridgehead atoms. The molecule has 0 saturated heterocycles. The monoisotopic (exact) mass is 571 g/mol. The van der Waals surface area contributed by atoms with Gasteiger partial charge in [0.2, 0.25) is 5.78 Å². The standard InChI is InChI=1S/C28H17N3O9S/c32-25(18-9-3-1-4-10-18)27(41-24-14-8-7-13-22(24)30(36)37)26(19-11-5-2-6-12-19)40-28(33)21-16-15-20(29(34)35)17-23(21)31(38)39/h1-17H/b27-26+. The van der Waals surface area contributed by atoms with Crippen LogP contribution in [0.1, 0.15) is 26.3 Å². The van der Waals surface area contributed by atoms with Gasteiger partial charge in [0.05, 0.1) is 25.7 Å². The highest BCUT2D eigenvalue weighted by molar-refractivity contribution is 8.04. The van der Waals surface area contributed by atoms with Crippen molar-refractivity contribution in [3.05, 3.63) is 155 Å². The van der Waals surface area contributed by atoms with Gasteiger partial charge in [0.15, 0.2) is 5.76 Å². The predicted molar refractivity (Wildman–Crippen MR) is 148 cm³/mol. The number of para-hydroxylation sites is 1. The second kappa shape index (κ2) is 12.4. The van der Waals surface area contributed by atoms with Crippen LogP contribution >= 0.6 is 11.8 Å². The molecule has 0 aromatic heterocycles. The maximum absolute atomic E-state index is 13.8. The average Bonchev–Trinajstić information content (AvgIpc) is 2.99. The van der Waals surface area contributed by atoms with Gasteiger partial charge in [-0.15, -0.1) is 0 Å². The molecule has 0 unspecified atom stereocenters. The number of hydrogen-bond acceptors (Lipinski definition) is 10. The lowest BCUT2D eigenvalue weighted by molar-refractivity contribution is -0.394. The average molecular weight is 572 g/mol. The van der Waals surface area contributed by atoms with Crippen LogP contribution in [0, 0.1) is 30.3 Å². The SMILES string of the molecule is O=C(/C(Sc1ccccc1[N+](=O)[O-])=C(\OC(=O)c1ccc([N+](=O)[O-])cc1[N+](=O)[O-])c1ccccc1)c1ccccc1. The number of ether oxygens (including phenoxy) is 1. The van der Waals surface area contributed by atoms with Crippen molar-refractivity contribution in [1.82, 2.24) is 0 Å². The van der Waals surface area contributed by atoms with Gasteiger partial charge in [-0.05, 0) is 12.1 Å². The second-order valence-electron chi connectivity index (χ2n) is 8.15. The van der Waals surface area contributed by atoms with Crippen LogP contribution < -0.4 is 0 Å². The van der Waals surface area contributed by atoms with Crippen molar-refractivity contribution in [1.29, 1.82) is 0 Å². The van der Waals surface area contributed by atoms with Crippen molar-refractivity contribution in [2.24, 2.45) is 0 Å². The van der Waals surface area contributed by atoms with Crippen LogP contribution in [0.4, 0.5) is 17.1 Å². The summed E-state index contributed by atoms with van der Waals surface area (Å²) in [6.45, 7) is 0. The van der Waals surface area contributed by atoms with Gasteiger partial charge >= 0.3 is 5.97 Å². The number of non-ortho nitro benzene ring substituents is 1. The van der Waals surface area contributed by atoms with Gasteiger partial charge < -0.3 is 4.74 Å². The number of benzene rings is 4. The summed E-state index contributed by atoms with van der Waals surface area (Å²) >= 11 is 0.692. The van der Waals surface area contributed by atoms with Gasteiger partial charge in [-0.25, -0.2) is 4.79 Å². The number of hydrogen-bond donors (Lipinski definition) is 0. The molecule has 12 nitrogen and oxygen atoms in total. The van der Waals surface area contributed by atoms with E-state index in [1.807, 2.05) is 0 Å². The van der Waals surface area contributed by atoms with E-state index in [4.69, 9.17) is 4.74 Å². The van der Waals surface area contributed by atoms with Gasteiger partial charge in [-0.1, -0.05) is 84.6 Å². The molecule has 0 fully saturated rings. The van der Waals surface area contributed by atoms with E-state index in [1.165, 1.54) is 48.5 Å². The van der Waals surface area contributed by atoms with Crippen LogP contribution in [0.15, 0.2) is 113 Å². The zero-order valence-electron chi connectivity index (χ0n) is 20.7. The maximum Gasteiger partial charge on any atom is 0.350 e. The number of nitro groups is 3. The van der Waals surface area contributed by atoms with Gasteiger partial charge in [0.25, 0.3) is 17.1 Å². The van der Waals surface area contributed by atoms with Gasteiger partial charge in [0.1, 0.15) is 10.5 Å². The normalized spacial score (nSPS) is 11.2. The summed E-state index contributed by atoms with van der Waals surface area (Å²) in [6, 6.07) is 23.9. The molecule has 0 aliphatic rings. The molecule has 0 N–H and O–H groups in total. The van der Waals surface area contributed by atoms with E-state index in [-0.39, 0.29) is 32.4 Å². The summed E-state index contributed by atoms with van der Waals surface area (Å²) in [5.74, 6) is -2.23. The van der Waals surface area contributed by atoms with Crippen molar-refractivity contribution < 1.29 is 29.1 Å². The molecule has 0 radical (unpaired) electrons. The van der Waals surface area contributed by atoms with Crippen LogP contribution in [0.25, 0.3) is 5.76 Å². The van der Waals surface area contributed by atoms with Crippen molar-refractivity contribution in [3.63, 3.8) is 0 Å². The molecule has 0 aliphatic heterocycles. The first-order chi connectivity index (χ1) is 19.7. The van der Waals surface area contributed by atoms with Crippen LogP contribution in [0.5, 0.6) is 0 Å². The molecule has 0 amide bonds. The Balaban J connectivity index is 1.93. The number of esters is 1. The minimum atomic E-state index is -1.27. The van der Waals surface area contributed by atoms with E-state index >= 15 is 0 Å². The number of nitro benzene ring substituents is 3. The lowest BCUT2D eigenvalue weighted by atomic mass is 10.1. The molecule has 4 aromatic rings. The molecule has 204 valence electrons. The van der Waals surface area contributed by atoms with E-state index in [2.05, 4.69) is 0 Å². The number of nitrogens with zero attached hydrogens (tertiary/aromatic N) is 3. The zero-order valence-corrected chi connectivity index (χ0v) is 21.6. The van der Waals surface area contributed by atoms with Gasteiger partial charge in [0, 0.05) is 23.3 Å². The smallest absolute Gasteiger partial charge is 0.350 e. The zero-order chi connectivity index (χ0) is 29.5. The summed E-state index contributed by atoms with van der Waals surface area (Å²) in [4.78, 5) is 59.1. The minimum absolute atomic E-state index is 0.0718. The first kappa shape index (κ1) is 28.3. The Morgan fingerprint density at radius 1 is 0.634 bits per heavy atom. The summed E-state index contributed by atoms with van der Waals surface area (Å²) in [5.41, 5.74) is -2.00. The molecular weight excluding hydrogens is 554 g/mol. The van der Waals surface area contributed by atoms with Crippen molar-refractivity contribution >= 4 is 46.3 Å². The minimum Gasteiger partial charge on any atom is -0.421 e. The van der Waals surface area contributed by atoms with Crippen molar-refractivity contribution in [2.45, 2.75) is 4.90 Å². The number of Topliss-reactive ketones (excluding diaryl/α,β-unsaturated/α-hetero) is 1. The quantitative estimate of drug-likeness (QED) is 0.0383. The largest absolute Gasteiger partial charge is 0.421 e. The Bertz CT molecular complexity index is 1710. The number of rotatable bonds is 10. The van der Waals surface area contributed by atoms with E-state index in [0.717, 1.165) is 12.1 Å². The summed E-state index contributed by atoms with van der Waals surface area (Å²) in [5, 5.41) is 34.5. The fourth-order valence-electron chi connectivity index (χ4n) is 3.65. The molecule has 0 spiro atoms. The Hall–Kier alpha value is -5.69. The fraction of sp³-hybridized carbons (Fsp3) is 0. The molecule has 0 atom stereocenters. The highest BCUT2D eigenvalue weighted by Crippen LogP contribution is 2.40. The second-order valence-corrected chi connectivity index (χ2v) is 9.20. The Morgan fingerprint density at radius 3 is 1.78 bits per heavy atom. The number of carbonyl (C=O) groups is 2. The topological polar surface area (TPSA) is 173 Å². The first-order valence-electron chi connectivity index (χ1n) is 11.6. The molecule has 4 rings (SSSR count). The number of ketones is 1. The predicted octanol–water partition coefficient (Wildman–Crippen LogP) is 6.61.